The lowest BCUT2D eigenvalue weighted by Gasteiger charge is -2.22. The number of methoxy groups -OCH3 is 1. The number of hydrogen-bond acceptors (Lipinski definition) is 5. The number of nitrogens with one attached hydrogen (secondary N) is 1. The summed E-state index contributed by atoms with van der Waals surface area (Å²) in [7, 11) is 1.52. The Labute approximate surface area is 147 Å². The third-order valence-corrected chi connectivity index (χ3v) is 5.05. The van der Waals surface area contributed by atoms with E-state index in [0.29, 0.717) is 36.0 Å². The molecule has 2 amide bonds. The molecule has 1 aromatic heterocycles. The molecule has 0 bridgehead atoms. The number of rotatable bonds is 6. The van der Waals surface area contributed by atoms with Gasteiger partial charge in [-0.25, -0.2) is 4.98 Å². The summed E-state index contributed by atoms with van der Waals surface area (Å²) >= 11 is 0. The predicted octanol–water partition coefficient (Wildman–Crippen LogP) is 1.38. The van der Waals surface area contributed by atoms with Gasteiger partial charge in [0.2, 0.25) is 11.8 Å². The molecule has 1 saturated carbocycles. The highest BCUT2D eigenvalue weighted by Gasteiger charge is 2.35. The highest BCUT2D eigenvalue weighted by Crippen LogP contribution is 2.33. The van der Waals surface area contributed by atoms with E-state index in [0.717, 1.165) is 18.5 Å². The lowest BCUT2D eigenvalue weighted by Crippen LogP contribution is -2.34. The number of carbonyl (C=O) groups is 2. The van der Waals surface area contributed by atoms with Crippen LogP contribution in [0, 0.1) is 0 Å². The standard InChI is InChI=1S/C18H25N3O4/c1-3-15(22)16(23)19-9-11-8-13-14(20-17(11)25-2)10-21(18(13)24)12-6-4-5-7-12/h8,12,15,22H,3-7,9-10H2,1-2H3,(H,19,23). The molecular weight excluding hydrogens is 322 g/mol. The minimum Gasteiger partial charge on any atom is -0.481 e. The number of amides is 2. The summed E-state index contributed by atoms with van der Waals surface area (Å²) in [5.74, 6) is -0.0201. The zero-order valence-corrected chi connectivity index (χ0v) is 14.7. The smallest absolute Gasteiger partial charge is 0.256 e. The van der Waals surface area contributed by atoms with Crippen LogP contribution < -0.4 is 10.1 Å². The van der Waals surface area contributed by atoms with Gasteiger partial charge in [0.15, 0.2) is 0 Å². The molecule has 7 nitrogen and oxygen atoms in total. The zero-order valence-electron chi connectivity index (χ0n) is 14.7. The molecule has 7 heteroatoms. The van der Waals surface area contributed by atoms with Crippen molar-refractivity contribution in [2.24, 2.45) is 0 Å². The fraction of sp³-hybridized carbons (Fsp3) is 0.611. The average Bonchev–Trinajstić information content (AvgIpc) is 3.26. The molecule has 0 spiro atoms. The molecule has 1 unspecified atom stereocenters. The molecule has 2 N–H and O–H groups in total. The Bertz CT molecular complexity index is 671. The molecule has 3 rings (SSSR count). The SMILES string of the molecule is CCC(O)C(=O)NCc1cc2c(nc1OC)CN(C1CCCC1)C2=O. The third-order valence-electron chi connectivity index (χ3n) is 5.05. The van der Waals surface area contributed by atoms with Crippen molar-refractivity contribution in [3.63, 3.8) is 0 Å². The largest absolute Gasteiger partial charge is 0.481 e. The first kappa shape index (κ1) is 17.7. The second kappa shape index (κ2) is 7.39. The van der Waals surface area contributed by atoms with Gasteiger partial charge < -0.3 is 20.1 Å². The highest BCUT2D eigenvalue weighted by molar-refractivity contribution is 5.98. The zero-order chi connectivity index (χ0) is 18.0. The maximum atomic E-state index is 12.7. The van der Waals surface area contributed by atoms with Gasteiger partial charge in [0.05, 0.1) is 24.9 Å². The Morgan fingerprint density at radius 2 is 2.20 bits per heavy atom. The third kappa shape index (κ3) is 3.46. The van der Waals surface area contributed by atoms with Crippen molar-refractivity contribution >= 4 is 11.8 Å². The number of hydrogen-bond donors (Lipinski definition) is 2. The van der Waals surface area contributed by atoms with Crippen LogP contribution in [0.3, 0.4) is 0 Å². The summed E-state index contributed by atoms with van der Waals surface area (Å²) in [5.41, 5.74) is 1.96. The molecule has 1 aromatic rings. The summed E-state index contributed by atoms with van der Waals surface area (Å²) in [6.07, 6.45) is 3.74. The number of carbonyl (C=O) groups excluding carboxylic acids is 2. The Balaban J connectivity index is 1.78. The maximum absolute atomic E-state index is 12.7. The molecule has 0 aromatic carbocycles. The number of nitrogens with zero attached hydrogens (tertiary/aromatic N) is 2. The van der Waals surface area contributed by atoms with Crippen LogP contribution >= 0.6 is 0 Å². The first-order valence-electron chi connectivity index (χ1n) is 8.88. The summed E-state index contributed by atoms with van der Waals surface area (Å²) < 4.78 is 5.33. The van der Waals surface area contributed by atoms with Crippen molar-refractivity contribution < 1.29 is 19.4 Å². The van der Waals surface area contributed by atoms with Crippen LogP contribution in [0.5, 0.6) is 5.88 Å². The molecule has 1 aliphatic carbocycles. The number of pyridine rings is 1. The minimum absolute atomic E-state index is 0.0122. The Morgan fingerprint density at radius 1 is 1.48 bits per heavy atom. The number of aliphatic hydroxyl groups is 1. The van der Waals surface area contributed by atoms with E-state index in [2.05, 4.69) is 10.3 Å². The highest BCUT2D eigenvalue weighted by atomic mass is 16.5. The van der Waals surface area contributed by atoms with E-state index in [1.807, 2.05) is 4.90 Å². The normalized spacial score (nSPS) is 18.4. The van der Waals surface area contributed by atoms with Gasteiger partial charge in [0.25, 0.3) is 5.91 Å². The van der Waals surface area contributed by atoms with Gasteiger partial charge in [0, 0.05) is 18.2 Å². The number of ether oxygens (including phenoxy) is 1. The van der Waals surface area contributed by atoms with Crippen LogP contribution in [0.4, 0.5) is 0 Å². The Morgan fingerprint density at radius 3 is 2.84 bits per heavy atom. The van der Waals surface area contributed by atoms with Gasteiger partial charge >= 0.3 is 0 Å². The number of fused-ring (bicyclic) bond motifs is 1. The molecule has 1 aliphatic heterocycles. The molecule has 2 heterocycles. The second-order valence-corrected chi connectivity index (χ2v) is 6.66. The van der Waals surface area contributed by atoms with Gasteiger partial charge in [-0.1, -0.05) is 19.8 Å². The van der Waals surface area contributed by atoms with Crippen LogP contribution in [-0.2, 0) is 17.9 Å². The van der Waals surface area contributed by atoms with Crippen molar-refractivity contribution in [3.8, 4) is 5.88 Å². The van der Waals surface area contributed by atoms with Gasteiger partial charge in [-0.05, 0) is 25.3 Å². The van der Waals surface area contributed by atoms with E-state index in [1.54, 1.807) is 13.0 Å². The quantitative estimate of drug-likeness (QED) is 0.811. The van der Waals surface area contributed by atoms with Crippen LogP contribution in [0.2, 0.25) is 0 Å². The molecule has 1 atom stereocenters. The molecule has 136 valence electrons. The molecule has 25 heavy (non-hydrogen) atoms. The summed E-state index contributed by atoms with van der Waals surface area (Å²) in [6.45, 7) is 2.42. The van der Waals surface area contributed by atoms with E-state index in [-0.39, 0.29) is 12.5 Å². The molecule has 2 aliphatic rings. The lowest BCUT2D eigenvalue weighted by molar-refractivity contribution is -0.129. The van der Waals surface area contributed by atoms with Crippen LogP contribution in [0.15, 0.2) is 6.07 Å². The van der Waals surface area contributed by atoms with E-state index in [1.165, 1.54) is 20.0 Å². The maximum Gasteiger partial charge on any atom is 0.256 e. The van der Waals surface area contributed by atoms with Crippen LogP contribution in [-0.4, -0.2) is 46.1 Å². The van der Waals surface area contributed by atoms with E-state index < -0.39 is 12.0 Å². The fourth-order valence-electron chi connectivity index (χ4n) is 3.57. The number of aliphatic hydroxyl groups excluding tert-OH is 1. The summed E-state index contributed by atoms with van der Waals surface area (Å²) in [5, 5.41) is 12.2. The summed E-state index contributed by atoms with van der Waals surface area (Å²) in [6, 6.07) is 2.06. The van der Waals surface area contributed by atoms with E-state index in [9.17, 15) is 14.7 Å². The fourth-order valence-corrected chi connectivity index (χ4v) is 3.57. The first-order chi connectivity index (χ1) is 12.0. The van der Waals surface area contributed by atoms with Gasteiger partial charge in [0.1, 0.15) is 6.10 Å². The summed E-state index contributed by atoms with van der Waals surface area (Å²) in [4.78, 5) is 30.9. The molecule has 0 saturated heterocycles. The van der Waals surface area contributed by atoms with Gasteiger partial charge in [-0.2, -0.15) is 0 Å². The first-order valence-corrected chi connectivity index (χ1v) is 8.88. The second-order valence-electron chi connectivity index (χ2n) is 6.66. The molecule has 1 fully saturated rings. The molecule has 0 radical (unpaired) electrons. The van der Waals surface area contributed by atoms with Crippen molar-refractivity contribution in [1.29, 1.82) is 0 Å². The Kier molecular flexibility index (Phi) is 5.22. The van der Waals surface area contributed by atoms with Crippen molar-refractivity contribution in [3.05, 3.63) is 22.9 Å². The van der Waals surface area contributed by atoms with E-state index >= 15 is 0 Å². The number of aromatic nitrogens is 1. The average molecular weight is 347 g/mol. The van der Waals surface area contributed by atoms with Gasteiger partial charge in [-0.15, -0.1) is 0 Å². The lowest BCUT2D eigenvalue weighted by atomic mass is 10.1. The van der Waals surface area contributed by atoms with Crippen molar-refractivity contribution in [1.82, 2.24) is 15.2 Å². The van der Waals surface area contributed by atoms with E-state index in [4.69, 9.17) is 4.74 Å². The topological polar surface area (TPSA) is 91.8 Å². The van der Waals surface area contributed by atoms with Crippen LogP contribution in [0.25, 0.3) is 0 Å². The van der Waals surface area contributed by atoms with Crippen LogP contribution in [0.1, 0.15) is 60.6 Å². The van der Waals surface area contributed by atoms with Crippen molar-refractivity contribution in [2.75, 3.05) is 7.11 Å². The van der Waals surface area contributed by atoms with Crippen molar-refractivity contribution in [2.45, 2.75) is 64.3 Å². The monoisotopic (exact) mass is 347 g/mol. The minimum atomic E-state index is -1.03. The Hall–Kier alpha value is -2.15. The predicted molar refractivity (Wildman–Crippen MR) is 91.1 cm³/mol. The van der Waals surface area contributed by atoms with Gasteiger partial charge in [-0.3, -0.25) is 9.59 Å². The molecular formula is C18H25N3O4.